The van der Waals surface area contributed by atoms with Crippen molar-refractivity contribution < 1.29 is 26.3 Å². The van der Waals surface area contributed by atoms with E-state index in [9.17, 15) is 16.8 Å². The van der Waals surface area contributed by atoms with Crippen molar-refractivity contribution in [2.24, 2.45) is 8.80 Å². The minimum atomic E-state index is -4.03. The molecule has 2 aromatic carbocycles. The van der Waals surface area contributed by atoms with E-state index in [2.05, 4.69) is 8.80 Å². The fraction of sp³-hybridized carbons (Fsp3) is 0.100. The highest BCUT2D eigenvalue weighted by molar-refractivity contribution is 7.90. The van der Waals surface area contributed by atoms with Crippen LogP contribution in [0.4, 0.5) is 0 Å². The van der Waals surface area contributed by atoms with E-state index in [0.29, 0.717) is 11.5 Å². The van der Waals surface area contributed by atoms with Gasteiger partial charge in [0.05, 0.1) is 40.5 Å². The van der Waals surface area contributed by atoms with Gasteiger partial charge in [-0.05, 0) is 66.8 Å². The first-order valence-corrected chi connectivity index (χ1v) is 11.9. The molecule has 0 amide bonds. The van der Waals surface area contributed by atoms with Crippen LogP contribution in [0.25, 0.3) is 0 Å². The van der Waals surface area contributed by atoms with Crippen LogP contribution >= 0.6 is 11.6 Å². The van der Waals surface area contributed by atoms with E-state index in [0.717, 1.165) is 0 Å². The van der Waals surface area contributed by atoms with Gasteiger partial charge >= 0.3 is 0 Å². The van der Waals surface area contributed by atoms with Crippen LogP contribution in [0.2, 0.25) is 0 Å². The molecule has 3 rings (SSSR count). The molecule has 0 unspecified atom stereocenters. The number of rotatable bonds is 6. The molecule has 0 atom stereocenters. The van der Waals surface area contributed by atoms with Gasteiger partial charge < -0.3 is 9.47 Å². The van der Waals surface area contributed by atoms with Gasteiger partial charge in [0.15, 0.2) is 0 Å². The molecule has 0 aliphatic heterocycles. The van der Waals surface area contributed by atoms with Crippen LogP contribution < -0.4 is 9.47 Å². The smallest absolute Gasteiger partial charge is 0.282 e. The molecule has 0 saturated carbocycles. The number of sulfonamides is 2. The number of hydrogen-bond donors (Lipinski definition) is 0. The zero-order valence-electron chi connectivity index (χ0n) is 16.4. The van der Waals surface area contributed by atoms with E-state index in [1.54, 1.807) is 0 Å². The van der Waals surface area contributed by atoms with Crippen LogP contribution in [0.5, 0.6) is 11.5 Å². The minimum absolute atomic E-state index is 0.0275. The Bertz CT molecular complexity index is 1310. The summed E-state index contributed by atoms with van der Waals surface area (Å²) in [4.78, 5) is -0.0690. The summed E-state index contributed by atoms with van der Waals surface area (Å²) in [6, 6.07) is 11.4. The molecule has 0 radical (unpaired) electrons. The Morgan fingerprint density at radius 3 is 1.58 bits per heavy atom. The average molecular weight is 481 g/mol. The van der Waals surface area contributed by atoms with Gasteiger partial charge in [-0.2, -0.15) is 25.6 Å². The van der Waals surface area contributed by atoms with Crippen molar-refractivity contribution in [1.82, 2.24) is 0 Å². The van der Waals surface area contributed by atoms with Crippen molar-refractivity contribution in [2.75, 3.05) is 14.2 Å². The number of hydrogen-bond acceptors (Lipinski definition) is 6. The minimum Gasteiger partial charge on any atom is -0.497 e. The lowest BCUT2D eigenvalue weighted by atomic mass is 10.1. The third kappa shape index (κ3) is 5.40. The molecule has 1 aliphatic carbocycles. The summed E-state index contributed by atoms with van der Waals surface area (Å²) in [5, 5.41) is -0.0664. The normalized spacial score (nSPS) is 16.9. The Morgan fingerprint density at radius 1 is 0.710 bits per heavy atom. The number of ether oxygens (including phenoxy) is 2. The first-order chi connectivity index (χ1) is 14.6. The number of halogens is 1. The second-order valence-electron chi connectivity index (χ2n) is 6.12. The summed E-state index contributed by atoms with van der Waals surface area (Å²) < 4.78 is 67.5. The lowest BCUT2D eigenvalue weighted by molar-refractivity contribution is 0.414. The SMILES string of the molecule is COc1ccc(S(=O)(=O)N=C2C=CC(=NS(=O)(=O)c3ccc(OC)cc3)C(Cl)=C2)cc1. The van der Waals surface area contributed by atoms with Crippen LogP contribution in [0.1, 0.15) is 0 Å². The van der Waals surface area contributed by atoms with Crippen molar-refractivity contribution >= 4 is 43.1 Å². The van der Waals surface area contributed by atoms with Gasteiger partial charge in [0.2, 0.25) is 0 Å². The lowest BCUT2D eigenvalue weighted by Gasteiger charge is -2.08. The molecule has 8 nitrogen and oxygen atoms in total. The van der Waals surface area contributed by atoms with E-state index in [-0.39, 0.29) is 26.2 Å². The van der Waals surface area contributed by atoms with Crippen LogP contribution in [-0.2, 0) is 20.0 Å². The van der Waals surface area contributed by atoms with Crippen molar-refractivity contribution in [3.8, 4) is 11.5 Å². The molecular weight excluding hydrogens is 464 g/mol. The Labute approximate surface area is 185 Å². The van der Waals surface area contributed by atoms with Gasteiger partial charge in [-0.25, -0.2) is 0 Å². The van der Waals surface area contributed by atoms with Crippen molar-refractivity contribution in [1.29, 1.82) is 0 Å². The molecule has 0 bridgehead atoms. The summed E-state index contributed by atoms with van der Waals surface area (Å²) >= 11 is 6.14. The first kappa shape index (κ1) is 22.7. The molecule has 0 heterocycles. The standard InChI is InChI=1S/C20H17ClN2O6S2/c1-28-15-4-8-17(9-5-15)30(24,25)22-14-3-12-20(19(21)13-14)23-31(26,27)18-10-6-16(29-2)7-11-18/h3-13H,1-2H3. The summed E-state index contributed by atoms with van der Waals surface area (Å²) in [5.74, 6) is 1.01. The van der Waals surface area contributed by atoms with Gasteiger partial charge in [-0.3, -0.25) is 0 Å². The number of benzene rings is 2. The lowest BCUT2D eigenvalue weighted by Crippen LogP contribution is -2.10. The number of methoxy groups -OCH3 is 2. The predicted molar refractivity (Wildman–Crippen MR) is 118 cm³/mol. The maximum absolute atomic E-state index is 12.5. The van der Waals surface area contributed by atoms with Crippen LogP contribution in [0, 0.1) is 0 Å². The van der Waals surface area contributed by atoms with E-state index >= 15 is 0 Å². The van der Waals surface area contributed by atoms with Crippen LogP contribution in [-0.4, -0.2) is 42.5 Å². The average Bonchev–Trinajstić information content (AvgIpc) is 2.75. The molecule has 0 fully saturated rings. The highest BCUT2D eigenvalue weighted by Crippen LogP contribution is 2.22. The maximum atomic E-state index is 12.5. The maximum Gasteiger partial charge on any atom is 0.282 e. The van der Waals surface area contributed by atoms with Crippen molar-refractivity contribution in [2.45, 2.75) is 9.79 Å². The molecule has 2 aromatic rings. The zero-order chi connectivity index (χ0) is 22.6. The van der Waals surface area contributed by atoms with E-state index in [1.807, 2.05) is 0 Å². The highest BCUT2D eigenvalue weighted by Gasteiger charge is 2.19. The third-order valence-electron chi connectivity index (χ3n) is 4.09. The van der Waals surface area contributed by atoms with E-state index in [1.165, 1.54) is 81.0 Å². The Morgan fingerprint density at radius 2 is 1.16 bits per heavy atom. The second-order valence-corrected chi connectivity index (χ2v) is 9.73. The molecule has 0 spiro atoms. The molecule has 0 N–H and O–H groups in total. The van der Waals surface area contributed by atoms with Gasteiger partial charge in [0.25, 0.3) is 20.0 Å². The summed E-state index contributed by atoms with van der Waals surface area (Å²) in [6.07, 6.45) is 3.83. The first-order valence-electron chi connectivity index (χ1n) is 8.68. The fourth-order valence-electron chi connectivity index (χ4n) is 2.50. The van der Waals surface area contributed by atoms with Crippen molar-refractivity contribution in [3.05, 3.63) is 71.8 Å². The summed E-state index contributed by atoms with van der Waals surface area (Å²) in [5.41, 5.74) is -0.0140. The molecular formula is C20H17ClN2O6S2. The van der Waals surface area contributed by atoms with Gasteiger partial charge in [-0.1, -0.05) is 11.6 Å². The Kier molecular flexibility index (Phi) is 6.63. The molecule has 31 heavy (non-hydrogen) atoms. The Hall–Kier alpha value is -2.95. The van der Waals surface area contributed by atoms with E-state index < -0.39 is 20.0 Å². The fourth-order valence-corrected chi connectivity index (χ4v) is 4.74. The van der Waals surface area contributed by atoms with Crippen molar-refractivity contribution in [3.63, 3.8) is 0 Å². The summed E-state index contributed by atoms with van der Waals surface area (Å²) in [6.45, 7) is 0. The number of nitrogens with zero attached hydrogens (tertiary/aromatic N) is 2. The van der Waals surface area contributed by atoms with Gasteiger partial charge in [-0.15, -0.1) is 0 Å². The number of allylic oxidation sites excluding steroid dienone is 4. The topological polar surface area (TPSA) is 111 Å². The Balaban J connectivity index is 1.87. The molecule has 162 valence electrons. The molecule has 0 aromatic heterocycles. The monoisotopic (exact) mass is 480 g/mol. The third-order valence-corrected chi connectivity index (χ3v) is 7.02. The molecule has 11 heteroatoms. The largest absolute Gasteiger partial charge is 0.497 e. The van der Waals surface area contributed by atoms with Gasteiger partial charge in [0, 0.05) is 0 Å². The quantitative estimate of drug-likeness (QED) is 0.586. The van der Waals surface area contributed by atoms with Crippen LogP contribution in [0.3, 0.4) is 0 Å². The van der Waals surface area contributed by atoms with Crippen LogP contribution in [0.15, 0.2) is 90.4 Å². The highest BCUT2D eigenvalue weighted by atomic mass is 35.5. The van der Waals surface area contributed by atoms with Gasteiger partial charge in [0.1, 0.15) is 11.5 Å². The summed E-state index contributed by atoms with van der Waals surface area (Å²) in [7, 11) is -5.10. The molecule has 1 aliphatic rings. The molecule has 0 saturated heterocycles. The van der Waals surface area contributed by atoms with E-state index in [4.69, 9.17) is 21.1 Å². The zero-order valence-corrected chi connectivity index (χ0v) is 18.8. The second kappa shape index (κ2) is 9.04. The predicted octanol–water partition coefficient (Wildman–Crippen LogP) is 3.36.